The molecular formula is C19H37ClO6Si2. The van der Waals surface area contributed by atoms with Gasteiger partial charge in [0.2, 0.25) is 0 Å². The highest BCUT2D eigenvalue weighted by Gasteiger charge is 2.76. The minimum Gasteiger partial charge on any atom is -0.414 e. The fraction of sp³-hybridized carbons (Fsp3) is 1.00. The SMILES string of the molecule is CO[C@@H]1O[C@@H]2CO[Si](C(C)C)(C(C)C)O[Si](C(C)C)(C(C)C)O[C@@H]2C12OC2Cl. The minimum absolute atomic E-state index is 0.241. The molecule has 28 heavy (non-hydrogen) atoms. The Balaban J connectivity index is 2.08. The molecule has 0 aliphatic carbocycles. The van der Waals surface area contributed by atoms with Gasteiger partial charge in [-0.05, 0) is 22.2 Å². The van der Waals surface area contributed by atoms with Crippen molar-refractivity contribution >= 4 is 28.7 Å². The first kappa shape index (κ1) is 23.2. The molecule has 3 fully saturated rings. The quantitative estimate of drug-likeness (QED) is 0.344. The van der Waals surface area contributed by atoms with Crippen molar-refractivity contribution in [2.45, 2.75) is 107 Å². The molecule has 1 spiro atoms. The molecule has 3 heterocycles. The lowest BCUT2D eigenvalue weighted by molar-refractivity contribution is -0.143. The van der Waals surface area contributed by atoms with Crippen LogP contribution in [-0.4, -0.2) is 60.5 Å². The summed E-state index contributed by atoms with van der Waals surface area (Å²) >= 11 is 6.43. The number of alkyl halides is 1. The summed E-state index contributed by atoms with van der Waals surface area (Å²) in [6, 6.07) is 0. The van der Waals surface area contributed by atoms with Crippen LogP contribution in [0.2, 0.25) is 22.2 Å². The van der Waals surface area contributed by atoms with Gasteiger partial charge in [0.25, 0.3) is 0 Å². The average Bonchev–Trinajstić information content (AvgIpc) is 3.16. The van der Waals surface area contributed by atoms with E-state index in [1.54, 1.807) is 7.11 Å². The standard InChI is InChI=1S/C19H37ClO6Si2/c1-11(2)27(12(3)4)22-10-15-16(19(17(20)24-19)18(21-9)23-15)25-28(26-27,13(5)6)14(7)8/h11-18H,10H2,1-9H3/t15-,16+,17?,18-,19?/m1/s1. The second-order valence-electron chi connectivity index (χ2n) is 9.54. The lowest BCUT2D eigenvalue weighted by atomic mass is 10.0. The molecule has 3 rings (SSSR count). The third-order valence-electron chi connectivity index (χ3n) is 6.59. The summed E-state index contributed by atoms with van der Waals surface area (Å²) in [6.45, 7) is 18.0. The van der Waals surface area contributed by atoms with E-state index in [0.717, 1.165) is 0 Å². The maximum atomic E-state index is 7.18. The number of hydrogen-bond donors (Lipinski definition) is 0. The van der Waals surface area contributed by atoms with Crippen LogP contribution in [0.1, 0.15) is 55.4 Å². The fourth-order valence-electron chi connectivity index (χ4n) is 4.92. The van der Waals surface area contributed by atoms with Gasteiger partial charge in [0, 0.05) is 7.11 Å². The molecule has 0 aromatic rings. The van der Waals surface area contributed by atoms with E-state index < -0.39 is 34.6 Å². The maximum absolute atomic E-state index is 7.18. The van der Waals surface area contributed by atoms with Crippen molar-refractivity contribution in [3.63, 3.8) is 0 Å². The Morgan fingerprint density at radius 1 is 0.929 bits per heavy atom. The maximum Gasteiger partial charge on any atom is 0.335 e. The van der Waals surface area contributed by atoms with Gasteiger partial charge in [-0.2, -0.15) is 0 Å². The van der Waals surface area contributed by atoms with E-state index in [4.69, 9.17) is 38.8 Å². The number of rotatable bonds is 5. The first-order valence-electron chi connectivity index (χ1n) is 10.5. The summed E-state index contributed by atoms with van der Waals surface area (Å²) in [5, 5.41) is 0. The summed E-state index contributed by atoms with van der Waals surface area (Å²) in [6.07, 6.45) is -1.21. The summed E-state index contributed by atoms with van der Waals surface area (Å²) in [5.41, 5.74) is -0.203. The normalized spacial score (nSPS) is 39.6. The lowest BCUT2D eigenvalue weighted by Crippen LogP contribution is -2.66. The Morgan fingerprint density at radius 3 is 1.82 bits per heavy atom. The number of methoxy groups -OCH3 is 1. The fourth-order valence-corrected chi connectivity index (χ4v) is 16.5. The van der Waals surface area contributed by atoms with Crippen LogP contribution < -0.4 is 0 Å². The zero-order chi connectivity index (χ0) is 21.1. The van der Waals surface area contributed by atoms with Crippen molar-refractivity contribution in [1.29, 1.82) is 0 Å². The van der Waals surface area contributed by atoms with Crippen LogP contribution in [0.4, 0.5) is 0 Å². The van der Waals surface area contributed by atoms with Crippen LogP contribution in [0.15, 0.2) is 0 Å². The molecule has 2 unspecified atom stereocenters. The van der Waals surface area contributed by atoms with Crippen molar-refractivity contribution in [3.8, 4) is 0 Å². The van der Waals surface area contributed by atoms with Crippen LogP contribution in [0.3, 0.4) is 0 Å². The van der Waals surface area contributed by atoms with E-state index in [9.17, 15) is 0 Å². The van der Waals surface area contributed by atoms with Gasteiger partial charge >= 0.3 is 17.1 Å². The topological polar surface area (TPSA) is 58.7 Å². The predicted molar refractivity (Wildman–Crippen MR) is 113 cm³/mol. The monoisotopic (exact) mass is 452 g/mol. The van der Waals surface area contributed by atoms with Crippen LogP contribution >= 0.6 is 11.6 Å². The summed E-state index contributed by atoms with van der Waals surface area (Å²) in [7, 11) is -3.68. The Kier molecular flexibility index (Phi) is 6.51. The molecule has 3 aliphatic heterocycles. The van der Waals surface area contributed by atoms with Gasteiger partial charge in [-0.25, -0.2) is 0 Å². The van der Waals surface area contributed by atoms with Gasteiger partial charge in [0.05, 0.1) is 6.61 Å². The first-order valence-corrected chi connectivity index (χ1v) is 14.9. The zero-order valence-corrected chi connectivity index (χ0v) is 21.4. The number of halogens is 1. The molecule has 0 amide bonds. The summed E-state index contributed by atoms with van der Waals surface area (Å²) < 4.78 is 38.6. The molecular weight excluding hydrogens is 416 g/mol. The molecule has 0 N–H and O–H groups in total. The van der Waals surface area contributed by atoms with Gasteiger partial charge in [0.1, 0.15) is 12.2 Å². The Morgan fingerprint density at radius 2 is 1.43 bits per heavy atom. The third kappa shape index (κ3) is 3.27. The predicted octanol–water partition coefficient (Wildman–Crippen LogP) is 4.65. The van der Waals surface area contributed by atoms with Crippen molar-refractivity contribution in [1.82, 2.24) is 0 Å². The molecule has 0 bridgehead atoms. The number of hydrogen-bond acceptors (Lipinski definition) is 6. The average molecular weight is 453 g/mol. The van der Waals surface area contributed by atoms with Crippen LogP contribution in [0.25, 0.3) is 0 Å². The molecule has 0 aromatic carbocycles. The molecule has 5 atom stereocenters. The highest BCUT2D eigenvalue weighted by Crippen LogP contribution is 2.57. The van der Waals surface area contributed by atoms with Crippen molar-refractivity contribution in [3.05, 3.63) is 0 Å². The number of fused-ring (bicyclic) bond motifs is 2. The summed E-state index contributed by atoms with van der Waals surface area (Å²) in [4.78, 5) is 0. The van der Waals surface area contributed by atoms with Crippen molar-refractivity contribution in [2.75, 3.05) is 13.7 Å². The highest BCUT2D eigenvalue weighted by atomic mass is 35.5. The lowest BCUT2D eigenvalue weighted by Gasteiger charge is -2.51. The van der Waals surface area contributed by atoms with E-state index in [1.165, 1.54) is 0 Å². The molecule has 0 aromatic heterocycles. The number of ether oxygens (including phenoxy) is 3. The highest BCUT2D eigenvalue weighted by molar-refractivity contribution is 6.84. The van der Waals surface area contributed by atoms with Gasteiger partial charge in [-0.3, -0.25) is 0 Å². The first-order chi connectivity index (χ1) is 13.0. The smallest absolute Gasteiger partial charge is 0.335 e. The molecule has 9 heteroatoms. The molecule has 0 radical (unpaired) electrons. The molecule has 3 aliphatic rings. The van der Waals surface area contributed by atoms with Gasteiger partial charge in [-0.1, -0.05) is 67.0 Å². The summed E-state index contributed by atoms with van der Waals surface area (Å²) in [5.74, 6) is 0. The largest absolute Gasteiger partial charge is 0.414 e. The van der Waals surface area contributed by atoms with E-state index in [-0.39, 0.29) is 23.3 Å². The van der Waals surface area contributed by atoms with Gasteiger partial charge in [0.15, 0.2) is 17.5 Å². The van der Waals surface area contributed by atoms with Crippen LogP contribution in [0.5, 0.6) is 0 Å². The van der Waals surface area contributed by atoms with Gasteiger partial charge < -0.3 is 27.2 Å². The third-order valence-corrected chi connectivity index (χ3v) is 17.3. The van der Waals surface area contributed by atoms with E-state index in [1.807, 2.05) is 0 Å². The Hall–Kier alpha value is 0.484. The molecule has 3 saturated heterocycles. The molecule has 164 valence electrons. The minimum atomic E-state index is -2.73. The molecule has 6 nitrogen and oxygen atoms in total. The van der Waals surface area contributed by atoms with Crippen LogP contribution in [0, 0.1) is 0 Å². The molecule has 0 saturated carbocycles. The Bertz CT molecular complexity index is 559. The second kappa shape index (κ2) is 7.87. The zero-order valence-electron chi connectivity index (χ0n) is 18.7. The number of epoxide rings is 1. The van der Waals surface area contributed by atoms with Crippen LogP contribution in [-0.2, 0) is 27.2 Å². The van der Waals surface area contributed by atoms with Gasteiger partial charge in [-0.15, -0.1) is 0 Å². The van der Waals surface area contributed by atoms with E-state index >= 15 is 0 Å². The van der Waals surface area contributed by atoms with E-state index in [2.05, 4.69) is 55.4 Å². The Labute approximate surface area is 177 Å². The van der Waals surface area contributed by atoms with Crippen molar-refractivity contribution < 1.29 is 27.2 Å². The van der Waals surface area contributed by atoms with E-state index in [0.29, 0.717) is 17.7 Å². The second-order valence-corrected chi connectivity index (χ2v) is 18.8. The van der Waals surface area contributed by atoms with Crippen molar-refractivity contribution in [2.24, 2.45) is 0 Å².